The van der Waals surface area contributed by atoms with E-state index in [2.05, 4.69) is 21.7 Å². The Morgan fingerprint density at radius 3 is 2.72 bits per heavy atom. The molecule has 1 amide bonds. The fourth-order valence-electron chi connectivity index (χ4n) is 5.60. The van der Waals surface area contributed by atoms with Crippen LogP contribution in [0.5, 0.6) is 5.75 Å². The summed E-state index contributed by atoms with van der Waals surface area (Å²) in [5.74, 6) is 0.865. The molecular formula is C27H27N5O4. The van der Waals surface area contributed by atoms with E-state index in [0.29, 0.717) is 36.8 Å². The maximum atomic E-state index is 12.7. The van der Waals surface area contributed by atoms with Crippen molar-refractivity contribution in [1.29, 1.82) is 5.26 Å². The lowest BCUT2D eigenvalue weighted by molar-refractivity contribution is -0.167. The first-order chi connectivity index (χ1) is 17.5. The minimum Gasteiger partial charge on any atom is -0.480 e. The predicted octanol–water partition coefficient (Wildman–Crippen LogP) is 2.86. The van der Waals surface area contributed by atoms with E-state index in [1.54, 1.807) is 22.8 Å². The van der Waals surface area contributed by atoms with Crippen molar-refractivity contribution in [1.82, 2.24) is 14.9 Å². The Balaban J connectivity index is 1.11. The van der Waals surface area contributed by atoms with Gasteiger partial charge in [-0.25, -0.2) is 4.98 Å². The van der Waals surface area contributed by atoms with Crippen molar-refractivity contribution < 1.29 is 14.3 Å². The number of aryl methyl sites for hydroxylation is 1. The molecule has 7 rings (SSSR count). The highest BCUT2D eigenvalue weighted by molar-refractivity contribution is 5.94. The lowest BCUT2D eigenvalue weighted by atomic mass is 9.70. The molecule has 0 atom stereocenters. The zero-order valence-electron chi connectivity index (χ0n) is 19.9. The molecule has 2 saturated heterocycles. The Morgan fingerprint density at radius 1 is 1.11 bits per heavy atom. The number of nitrogens with one attached hydrogen (secondary N) is 2. The molecule has 1 aliphatic carbocycles. The highest BCUT2D eigenvalue weighted by Crippen LogP contribution is 2.45. The van der Waals surface area contributed by atoms with Gasteiger partial charge in [0.2, 0.25) is 0 Å². The number of ether oxygens (including phenoxy) is 2. The lowest BCUT2D eigenvalue weighted by Gasteiger charge is -2.53. The average Bonchev–Trinajstić information content (AvgIpc) is 2.92. The Labute approximate surface area is 208 Å². The van der Waals surface area contributed by atoms with Crippen LogP contribution in [0.3, 0.4) is 0 Å². The second kappa shape index (κ2) is 8.73. The number of carbonyl (C=O) groups is 1. The first-order valence-corrected chi connectivity index (χ1v) is 12.3. The molecule has 36 heavy (non-hydrogen) atoms. The van der Waals surface area contributed by atoms with Crippen molar-refractivity contribution in [2.75, 3.05) is 18.5 Å². The first-order valence-electron chi connectivity index (χ1n) is 12.3. The third-order valence-corrected chi connectivity index (χ3v) is 7.86. The molecule has 3 aromatic rings. The number of fused-ring (bicyclic) bond motifs is 5. The van der Waals surface area contributed by atoms with Crippen molar-refractivity contribution in [2.45, 2.75) is 56.3 Å². The summed E-state index contributed by atoms with van der Waals surface area (Å²) < 4.78 is 13.6. The molecule has 1 saturated carbocycles. The number of amides is 1. The number of anilines is 1. The van der Waals surface area contributed by atoms with Gasteiger partial charge >= 0.3 is 0 Å². The van der Waals surface area contributed by atoms with Gasteiger partial charge in [-0.15, -0.1) is 0 Å². The number of rotatable bonds is 6. The topological polar surface area (TPSA) is 118 Å². The van der Waals surface area contributed by atoms with Gasteiger partial charge in [0.1, 0.15) is 0 Å². The van der Waals surface area contributed by atoms with Gasteiger partial charge in [0.25, 0.3) is 11.5 Å². The number of benzene rings is 1. The normalized spacial score (nSPS) is 24.6. The quantitative estimate of drug-likeness (QED) is 0.551. The Bertz CT molecular complexity index is 1430. The summed E-state index contributed by atoms with van der Waals surface area (Å²) in [5.41, 5.74) is 1.78. The summed E-state index contributed by atoms with van der Waals surface area (Å²) >= 11 is 0. The summed E-state index contributed by atoms with van der Waals surface area (Å²) in [5, 5.41) is 16.7. The van der Waals surface area contributed by atoms with Crippen molar-refractivity contribution >= 4 is 22.6 Å². The van der Waals surface area contributed by atoms with E-state index in [4.69, 9.17) is 9.47 Å². The zero-order chi connectivity index (χ0) is 24.8. The van der Waals surface area contributed by atoms with Crippen LogP contribution in [0.25, 0.3) is 10.9 Å². The summed E-state index contributed by atoms with van der Waals surface area (Å²) in [6, 6.07) is 14.8. The van der Waals surface area contributed by atoms with E-state index < -0.39 is 0 Å². The molecule has 184 valence electrons. The monoisotopic (exact) mass is 485 g/mol. The van der Waals surface area contributed by atoms with E-state index in [1.165, 1.54) is 0 Å². The fourth-order valence-corrected chi connectivity index (χ4v) is 5.60. The molecule has 0 spiro atoms. The molecule has 2 N–H and O–H groups in total. The van der Waals surface area contributed by atoms with Crippen LogP contribution in [-0.4, -0.2) is 39.8 Å². The van der Waals surface area contributed by atoms with Crippen LogP contribution in [-0.2, 0) is 22.6 Å². The number of carbonyl (C=O) groups excluding carboxylic acids is 1. The molecule has 2 aromatic heterocycles. The second-order valence-electron chi connectivity index (χ2n) is 10.1. The Kier molecular flexibility index (Phi) is 5.51. The number of hydrogen-bond donors (Lipinski definition) is 2. The zero-order valence-corrected chi connectivity index (χ0v) is 19.9. The molecule has 2 bridgehead atoms. The van der Waals surface area contributed by atoms with Gasteiger partial charge < -0.3 is 24.7 Å². The summed E-state index contributed by atoms with van der Waals surface area (Å²) in [7, 11) is 0. The summed E-state index contributed by atoms with van der Waals surface area (Å²) in [4.78, 5) is 28.8. The van der Waals surface area contributed by atoms with Gasteiger partial charge in [0.15, 0.2) is 18.2 Å². The van der Waals surface area contributed by atoms with E-state index in [0.717, 1.165) is 48.7 Å². The van der Waals surface area contributed by atoms with E-state index in [1.807, 2.05) is 24.3 Å². The molecule has 9 nitrogen and oxygen atoms in total. The minimum absolute atomic E-state index is 0.0184. The van der Waals surface area contributed by atoms with Crippen LogP contribution in [0.4, 0.5) is 5.82 Å². The molecule has 4 aliphatic rings. The van der Waals surface area contributed by atoms with Crippen molar-refractivity contribution in [3.05, 3.63) is 64.1 Å². The molecule has 5 heterocycles. The lowest BCUT2D eigenvalue weighted by Crippen LogP contribution is -2.61. The maximum absolute atomic E-state index is 12.7. The molecular weight excluding hydrogens is 458 g/mol. The van der Waals surface area contributed by atoms with Crippen LogP contribution in [0, 0.1) is 11.3 Å². The van der Waals surface area contributed by atoms with Crippen LogP contribution >= 0.6 is 0 Å². The van der Waals surface area contributed by atoms with Gasteiger partial charge in [-0.2, -0.15) is 5.26 Å². The SMILES string of the molecule is N#Cc1ccc2ccc(=O)n(CCC34CCC(NCc5ccc6c(n5)NC(=O)CO6)(CC3)CO4)c2c1. The first kappa shape index (κ1) is 22.7. The third kappa shape index (κ3) is 4.12. The van der Waals surface area contributed by atoms with Gasteiger partial charge in [0.05, 0.1) is 35.1 Å². The van der Waals surface area contributed by atoms with Gasteiger partial charge in [0, 0.05) is 24.7 Å². The molecule has 0 radical (unpaired) electrons. The molecule has 9 heteroatoms. The average molecular weight is 486 g/mol. The minimum atomic E-state index is -0.233. The molecule has 1 aromatic carbocycles. The third-order valence-electron chi connectivity index (χ3n) is 7.86. The van der Waals surface area contributed by atoms with Gasteiger partial charge in [-0.3, -0.25) is 9.59 Å². The summed E-state index contributed by atoms with van der Waals surface area (Å²) in [6.07, 6.45) is 4.57. The second-order valence-corrected chi connectivity index (χ2v) is 10.1. The van der Waals surface area contributed by atoms with Gasteiger partial charge in [-0.05, 0) is 67.8 Å². The number of nitriles is 1. The highest BCUT2D eigenvalue weighted by Gasteiger charge is 2.49. The molecule has 3 aliphatic heterocycles. The standard InChI is InChI=1S/C27H27N5O4/c28-14-18-1-2-19-3-6-24(34)32(21(19)13-18)12-11-27-9-7-26(8-10-27,17-36-27)29-15-20-4-5-22-25(30-20)31-23(33)16-35-22/h1-6,13,29H,7-12,15-17H2,(H,30,31,33). The Morgan fingerprint density at radius 2 is 1.94 bits per heavy atom. The number of pyridine rings is 2. The van der Waals surface area contributed by atoms with Gasteiger partial charge in [-0.1, -0.05) is 6.07 Å². The van der Waals surface area contributed by atoms with E-state index in [-0.39, 0.29) is 29.2 Å². The van der Waals surface area contributed by atoms with Crippen LogP contribution in [0.1, 0.15) is 43.4 Å². The fraction of sp³-hybridized carbons (Fsp3) is 0.407. The maximum Gasteiger partial charge on any atom is 0.263 e. The van der Waals surface area contributed by atoms with Crippen LogP contribution in [0.15, 0.2) is 47.3 Å². The van der Waals surface area contributed by atoms with E-state index >= 15 is 0 Å². The number of hydrogen-bond acceptors (Lipinski definition) is 7. The molecule has 0 unspecified atom stereocenters. The highest BCUT2D eigenvalue weighted by atomic mass is 16.5. The van der Waals surface area contributed by atoms with Crippen molar-refractivity contribution in [3.63, 3.8) is 0 Å². The van der Waals surface area contributed by atoms with Crippen molar-refractivity contribution in [3.8, 4) is 11.8 Å². The van der Waals surface area contributed by atoms with Crippen molar-refractivity contribution in [2.24, 2.45) is 0 Å². The molecule has 3 fully saturated rings. The number of aromatic nitrogens is 2. The Hall–Kier alpha value is -3.74. The predicted molar refractivity (Wildman–Crippen MR) is 133 cm³/mol. The summed E-state index contributed by atoms with van der Waals surface area (Å²) in [6.45, 7) is 1.76. The smallest absolute Gasteiger partial charge is 0.263 e. The van der Waals surface area contributed by atoms with E-state index in [9.17, 15) is 14.9 Å². The number of nitrogens with zero attached hydrogens (tertiary/aromatic N) is 3. The van der Waals surface area contributed by atoms with Crippen LogP contribution in [0.2, 0.25) is 0 Å². The largest absolute Gasteiger partial charge is 0.480 e. The van der Waals surface area contributed by atoms with Crippen LogP contribution < -0.4 is 20.9 Å².